The predicted molar refractivity (Wildman–Crippen MR) is 78.8 cm³/mol. The fraction of sp³-hybridized carbons (Fsp3) is 0.438. The highest BCUT2D eigenvalue weighted by Gasteiger charge is 2.27. The fourth-order valence-corrected chi connectivity index (χ4v) is 2.77. The van der Waals surface area contributed by atoms with Crippen LogP contribution in [0.1, 0.15) is 28.1 Å². The van der Waals surface area contributed by atoms with Gasteiger partial charge in [-0.2, -0.15) is 0 Å². The fourth-order valence-electron chi connectivity index (χ4n) is 2.77. The zero-order chi connectivity index (χ0) is 14.3. The van der Waals surface area contributed by atoms with Gasteiger partial charge >= 0.3 is 0 Å². The first-order chi connectivity index (χ1) is 9.58. The van der Waals surface area contributed by atoms with Crippen LogP contribution in [0.3, 0.4) is 0 Å². The molecule has 2 N–H and O–H groups in total. The SMILES string of the molecule is Cc1cc2cc(C(=O)N3CCC(CN)C3)oc2cc1C. The Morgan fingerprint density at radius 2 is 2.10 bits per heavy atom. The molecule has 1 atom stereocenters. The highest BCUT2D eigenvalue weighted by Crippen LogP contribution is 2.25. The van der Waals surface area contributed by atoms with Crippen LogP contribution in [0.25, 0.3) is 11.0 Å². The van der Waals surface area contributed by atoms with Crippen molar-refractivity contribution in [1.82, 2.24) is 4.90 Å². The van der Waals surface area contributed by atoms with Gasteiger partial charge in [0.05, 0.1) is 0 Å². The van der Waals surface area contributed by atoms with Crippen LogP contribution in [0.2, 0.25) is 0 Å². The molecular weight excluding hydrogens is 252 g/mol. The first-order valence-corrected chi connectivity index (χ1v) is 7.08. The van der Waals surface area contributed by atoms with Crippen LogP contribution in [0.5, 0.6) is 0 Å². The summed E-state index contributed by atoms with van der Waals surface area (Å²) in [7, 11) is 0. The minimum Gasteiger partial charge on any atom is -0.451 e. The van der Waals surface area contributed by atoms with E-state index < -0.39 is 0 Å². The van der Waals surface area contributed by atoms with Crippen molar-refractivity contribution in [2.75, 3.05) is 19.6 Å². The van der Waals surface area contributed by atoms with Crippen molar-refractivity contribution in [1.29, 1.82) is 0 Å². The van der Waals surface area contributed by atoms with Gasteiger partial charge in [-0.25, -0.2) is 0 Å². The second-order valence-corrected chi connectivity index (χ2v) is 5.73. The van der Waals surface area contributed by atoms with Gasteiger partial charge < -0.3 is 15.1 Å². The molecule has 1 saturated heterocycles. The van der Waals surface area contributed by atoms with Gasteiger partial charge in [0.2, 0.25) is 0 Å². The van der Waals surface area contributed by atoms with E-state index in [-0.39, 0.29) is 5.91 Å². The van der Waals surface area contributed by atoms with Gasteiger partial charge in [-0.1, -0.05) is 0 Å². The Kier molecular flexibility index (Phi) is 3.26. The van der Waals surface area contributed by atoms with E-state index in [1.165, 1.54) is 11.1 Å². The number of likely N-dealkylation sites (tertiary alicyclic amines) is 1. The summed E-state index contributed by atoms with van der Waals surface area (Å²) in [6.45, 7) is 6.27. The van der Waals surface area contributed by atoms with Crippen LogP contribution >= 0.6 is 0 Å². The van der Waals surface area contributed by atoms with Crippen LogP contribution in [0.15, 0.2) is 22.6 Å². The number of amides is 1. The van der Waals surface area contributed by atoms with Crippen molar-refractivity contribution in [2.45, 2.75) is 20.3 Å². The summed E-state index contributed by atoms with van der Waals surface area (Å²) in [6.07, 6.45) is 0.987. The summed E-state index contributed by atoms with van der Waals surface area (Å²) in [6, 6.07) is 5.91. The third-order valence-corrected chi connectivity index (χ3v) is 4.25. The van der Waals surface area contributed by atoms with Gasteiger partial charge in [0.15, 0.2) is 5.76 Å². The lowest BCUT2D eigenvalue weighted by atomic mass is 10.1. The van der Waals surface area contributed by atoms with Gasteiger partial charge in [-0.15, -0.1) is 0 Å². The molecule has 106 valence electrons. The number of rotatable bonds is 2. The molecule has 0 saturated carbocycles. The summed E-state index contributed by atoms with van der Waals surface area (Å²) in [4.78, 5) is 14.3. The van der Waals surface area contributed by atoms with Crippen molar-refractivity contribution < 1.29 is 9.21 Å². The van der Waals surface area contributed by atoms with Crippen molar-refractivity contribution >= 4 is 16.9 Å². The Labute approximate surface area is 118 Å². The van der Waals surface area contributed by atoms with Gasteiger partial charge in [-0.3, -0.25) is 4.79 Å². The Hall–Kier alpha value is -1.81. The summed E-state index contributed by atoms with van der Waals surface area (Å²) < 4.78 is 5.72. The summed E-state index contributed by atoms with van der Waals surface area (Å²) >= 11 is 0. The highest BCUT2D eigenvalue weighted by molar-refractivity contribution is 5.96. The molecule has 1 amide bonds. The van der Waals surface area contributed by atoms with Crippen LogP contribution in [-0.2, 0) is 0 Å². The third kappa shape index (κ3) is 2.20. The highest BCUT2D eigenvalue weighted by atomic mass is 16.3. The third-order valence-electron chi connectivity index (χ3n) is 4.25. The Balaban J connectivity index is 1.89. The largest absolute Gasteiger partial charge is 0.451 e. The van der Waals surface area contributed by atoms with Crippen molar-refractivity contribution in [2.24, 2.45) is 11.7 Å². The number of furan rings is 1. The van der Waals surface area contributed by atoms with Crippen LogP contribution < -0.4 is 5.73 Å². The van der Waals surface area contributed by atoms with E-state index in [0.717, 1.165) is 30.5 Å². The molecule has 1 aromatic heterocycles. The average molecular weight is 272 g/mol. The maximum atomic E-state index is 12.4. The van der Waals surface area contributed by atoms with Crippen LogP contribution in [0.4, 0.5) is 0 Å². The Bertz CT molecular complexity index is 621. The molecule has 3 rings (SSSR count). The molecule has 0 bridgehead atoms. The van der Waals surface area contributed by atoms with E-state index in [1.807, 2.05) is 24.0 Å². The number of aryl methyl sites for hydroxylation is 2. The smallest absolute Gasteiger partial charge is 0.289 e. The van der Waals surface area contributed by atoms with E-state index in [4.69, 9.17) is 10.2 Å². The van der Waals surface area contributed by atoms with Crippen molar-refractivity contribution in [3.05, 3.63) is 35.1 Å². The van der Waals surface area contributed by atoms with Crippen molar-refractivity contribution in [3.8, 4) is 0 Å². The zero-order valence-corrected chi connectivity index (χ0v) is 12.0. The number of fused-ring (bicyclic) bond motifs is 1. The Morgan fingerprint density at radius 3 is 2.80 bits per heavy atom. The first-order valence-electron chi connectivity index (χ1n) is 7.08. The van der Waals surface area contributed by atoms with Crippen LogP contribution in [0, 0.1) is 19.8 Å². The first kappa shape index (κ1) is 13.2. The van der Waals surface area contributed by atoms with Gasteiger partial charge in [-0.05, 0) is 62.1 Å². The molecule has 1 fully saturated rings. The molecule has 2 aromatic rings. The molecule has 4 nitrogen and oxygen atoms in total. The number of nitrogens with two attached hydrogens (primary N) is 1. The minimum atomic E-state index is -0.0209. The maximum Gasteiger partial charge on any atom is 0.289 e. The molecule has 0 radical (unpaired) electrons. The number of carbonyl (C=O) groups excluding carboxylic acids is 1. The normalized spacial score (nSPS) is 18.9. The summed E-state index contributed by atoms with van der Waals surface area (Å²) in [5.41, 5.74) is 8.84. The molecule has 2 heterocycles. The molecule has 20 heavy (non-hydrogen) atoms. The Morgan fingerprint density at radius 1 is 1.35 bits per heavy atom. The standard InChI is InChI=1S/C16H20N2O2/c1-10-5-13-7-15(20-14(13)6-11(10)2)16(19)18-4-3-12(8-17)9-18/h5-7,12H,3-4,8-9,17H2,1-2H3. The lowest BCUT2D eigenvalue weighted by Crippen LogP contribution is -2.29. The molecule has 0 spiro atoms. The second-order valence-electron chi connectivity index (χ2n) is 5.73. The van der Waals surface area contributed by atoms with Gasteiger partial charge in [0.25, 0.3) is 5.91 Å². The molecule has 1 unspecified atom stereocenters. The summed E-state index contributed by atoms with van der Waals surface area (Å²) in [5, 5.41) is 0.992. The maximum absolute atomic E-state index is 12.4. The number of hydrogen-bond acceptors (Lipinski definition) is 3. The van der Waals surface area contributed by atoms with E-state index in [1.54, 1.807) is 0 Å². The molecule has 1 aromatic carbocycles. The molecule has 1 aliphatic rings. The van der Waals surface area contributed by atoms with Gasteiger partial charge in [0.1, 0.15) is 5.58 Å². The molecule has 4 heteroatoms. The van der Waals surface area contributed by atoms with E-state index in [0.29, 0.717) is 18.2 Å². The molecule has 0 aliphatic carbocycles. The van der Waals surface area contributed by atoms with Crippen LogP contribution in [-0.4, -0.2) is 30.4 Å². The lowest BCUT2D eigenvalue weighted by Gasteiger charge is -2.14. The predicted octanol–water partition coefficient (Wildman–Crippen LogP) is 2.47. The second kappa shape index (κ2) is 4.94. The topological polar surface area (TPSA) is 59.5 Å². The van der Waals surface area contributed by atoms with E-state index in [2.05, 4.69) is 13.0 Å². The van der Waals surface area contributed by atoms with E-state index in [9.17, 15) is 4.79 Å². The summed E-state index contributed by atoms with van der Waals surface area (Å²) in [5.74, 6) is 0.836. The van der Waals surface area contributed by atoms with Crippen molar-refractivity contribution in [3.63, 3.8) is 0 Å². The molecular formula is C16H20N2O2. The number of benzene rings is 1. The average Bonchev–Trinajstić information content (AvgIpc) is 3.05. The number of hydrogen-bond donors (Lipinski definition) is 1. The zero-order valence-electron chi connectivity index (χ0n) is 12.0. The number of carbonyl (C=O) groups is 1. The minimum absolute atomic E-state index is 0.0209. The van der Waals surface area contributed by atoms with Gasteiger partial charge in [0, 0.05) is 18.5 Å². The lowest BCUT2D eigenvalue weighted by molar-refractivity contribution is 0.0758. The molecule has 1 aliphatic heterocycles. The number of nitrogens with zero attached hydrogens (tertiary/aromatic N) is 1. The quantitative estimate of drug-likeness (QED) is 0.913. The monoisotopic (exact) mass is 272 g/mol. The van der Waals surface area contributed by atoms with E-state index >= 15 is 0 Å².